The molecule has 5 rings (SSSR count). The van der Waals surface area contributed by atoms with E-state index >= 15 is 0 Å². The van der Waals surface area contributed by atoms with Crippen LogP contribution in [0.2, 0.25) is 0 Å². The van der Waals surface area contributed by atoms with E-state index in [-0.39, 0.29) is 0 Å². The van der Waals surface area contributed by atoms with Gasteiger partial charge in [0.05, 0.1) is 0 Å². The summed E-state index contributed by atoms with van der Waals surface area (Å²) in [5.41, 5.74) is 2.60. The summed E-state index contributed by atoms with van der Waals surface area (Å²) in [4.78, 5) is 0. The second kappa shape index (κ2) is 7.42. The summed E-state index contributed by atoms with van der Waals surface area (Å²) in [5.74, 6) is 0.883. The number of ether oxygens (including phenoxy) is 1. The molecule has 4 aromatic rings. The largest absolute Gasteiger partial charge is 0.473 e. The van der Waals surface area contributed by atoms with E-state index < -0.39 is 5.60 Å². The van der Waals surface area contributed by atoms with E-state index in [0.29, 0.717) is 0 Å². The highest BCUT2D eigenvalue weighted by molar-refractivity contribution is 9.11. The molecule has 4 aromatic carbocycles. The van der Waals surface area contributed by atoms with Gasteiger partial charge in [-0.05, 0) is 65.4 Å². The molecular formula is C25H15Br3O. The molecule has 4 heteroatoms. The zero-order valence-electron chi connectivity index (χ0n) is 15.2. The molecule has 0 aliphatic carbocycles. The monoisotopic (exact) mass is 568 g/mol. The van der Waals surface area contributed by atoms with E-state index in [2.05, 4.69) is 139 Å². The number of rotatable bonds is 2. The minimum absolute atomic E-state index is 0.683. The standard InChI is InChI=1S/C25H15Br3O/c26-19-6-2-17(3-7-19)25(18-4-8-20(27)9-5-18)14-13-23-22-11-10-21(28)15-16(22)1-12-24(23)29-25/h1-15H. The smallest absolute Gasteiger partial charge is 0.178 e. The lowest BCUT2D eigenvalue weighted by atomic mass is 9.83. The van der Waals surface area contributed by atoms with Crippen molar-refractivity contribution in [1.29, 1.82) is 0 Å². The fourth-order valence-electron chi connectivity index (χ4n) is 3.85. The Morgan fingerprint density at radius 2 is 1.21 bits per heavy atom. The molecule has 0 atom stereocenters. The van der Waals surface area contributed by atoms with Crippen molar-refractivity contribution in [3.8, 4) is 5.75 Å². The van der Waals surface area contributed by atoms with Gasteiger partial charge in [-0.3, -0.25) is 0 Å². The predicted octanol–water partition coefficient (Wildman–Crippen LogP) is 8.48. The van der Waals surface area contributed by atoms with Crippen molar-refractivity contribution < 1.29 is 4.74 Å². The molecule has 0 fully saturated rings. The molecule has 29 heavy (non-hydrogen) atoms. The van der Waals surface area contributed by atoms with Gasteiger partial charge in [-0.25, -0.2) is 0 Å². The maximum atomic E-state index is 6.78. The maximum Gasteiger partial charge on any atom is 0.178 e. The minimum atomic E-state index is -0.683. The van der Waals surface area contributed by atoms with Crippen molar-refractivity contribution in [3.63, 3.8) is 0 Å². The first-order chi connectivity index (χ1) is 14.0. The molecule has 0 amide bonds. The fourth-order valence-corrected chi connectivity index (χ4v) is 4.75. The number of benzene rings is 4. The quantitative estimate of drug-likeness (QED) is 0.235. The molecule has 1 aliphatic heterocycles. The number of hydrogen-bond acceptors (Lipinski definition) is 1. The molecule has 0 aromatic heterocycles. The van der Waals surface area contributed by atoms with E-state index in [9.17, 15) is 0 Å². The molecule has 1 aliphatic rings. The maximum absolute atomic E-state index is 6.78. The van der Waals surface area contributed by atoms with Crippen LogP contribution >= 0.6 is 47.8 Å². The number of halogens is 3. The summed E-state index contributed by atoms with van der Waals surface area (Å²) in [6.45, 7) is 0. The Balaban J connectivity index is 1.72. The van der Waals surface area contributed by atoms with Gasteiger partial charge in [0.2, 0.25) is 0 Å². The van der Waals surface area contributed by atoms with Crippen LogP contribution in [0.15, 0.2) is 98.4 Å². The Kier molecular flexibility index (Phi) is 4.89. The van der Waals surface area contributed by atoms with E-state index in [1.165, 1.54) is 10.8 Å². The number of hydrogen-bond donors (Lipinski definition) is 0. The van der Waals surface area contributed by atoms with Gasteiger partial charge in [0, 0.05) is 30.1 Å². The first-order valence-electron chi connectivity index (χ1n) is 9.18. The van der Waals surface area contributed by atoms with Crippen LogP contribution in [0, 0.1) is 0 Å². The van der Waals surface area contributed by atoms with Crippen LogP contribution in [0.3, 0.4) is 0 Å². The lowest BCUT2D eigenvalue weighted by Gasteiger charge is -2.36. The summed E-state index contributed by atoms with van der Waals surface area (Å²) in [5, 5.41) is 2.37. The van der Waals surface area contributed by atoms with Gasteiger partial charge in [-0.15, -0.1) is 0 Å². The molecule has 0 saturated heterocycles. The van der Waals surface area contributed by atoms with Crippen LogP contribution in [-0.2, 0) is 5.60 Å². The summed E-state index contributed by atoms with van der Waals surface area (Å²) < 4.78 is 9.95. The SMILES string of the molecule is Brc1ccc(C2(c3ccc(Br)cc3)C=Cc3c(ccc4cc(Br)ccc34)O2)cc1. The second-order valence-electron chi connectivity index (χ2n) is 7.03. The number of fused-ring (bicyclic) bond motifs is 3. The van der Waals surface area contributed by atoms with Crippen molar-refractivity contribution in [1.82, 2.24) is 0 Å². The third-order valence-electron chi connectivity index (χ3n) is 5.29. The summed E-state index contributed by atoms with van der Waals surface area (Å²) in [6, 6.07) is 27.2. The Morgan fingerprint density at radius 1 is 0.621 bits per heavy atom. The van der Waals surface area contributed by atoms with Crippen LogP contribution in [0.5, 0.6) is 5.75 Å². The molecule has 0 N–H and O–H groups in total. The summed E-state index contributed by atoms with van der Waals surface area (Å²) in [6.07, 6.45) is 4.36. The van der Waals surface area contributed by atoms with Crippen LogP contribution in [0.25, 0.3) is 16.8 Å². The third-order valence-corrected chi connectivity index (χ3v) is 6.84. The molecule has 0 saturated carbocycles. The fraction of sp³-hybridized carbons (Fsp3) is 0.0400. The van der Waals surface area contributed by atoms with Gasteiger partial charge >= 0.3 is 0 Å². The first-order valence-corrected chi connectivity index (χ1v) is 11.6. The van der Waals surface area contributed by atoms with Crippen molar-refractivity contribution in [3.05, 3.63) is 115 Å². The summed E-state index contributed by atoms with van der Waals surface area (Å²) in [7, 11) is 0. The minimum Gasteiger partial charge on any atom is -0.473 e. The molecule has 0 radical (unpaired) electrons. The van der Waals surface area contributed by atoms with Gasteiger partial charge in [-0.1, -0.05) is 84.2 Å². The molecule has 0 unspecified atom stereocenters. The highest BCUT2D eigenvalue weighted by Crippen LogP contribution is 2.44. The molecule has 0 spiro atoms. The van der Waals surface area contributed by atoms with Crippen LogP contribution in [0.1, 0.15) is 16.7 Å². The van der Waals surface area contributed by atoms with Gasteiger partial charge < -0.3 is 4.74 Å². The van der Waals surface area contributed by atoms with E-state index in [1.54, 1.807) is 0 Å². The Morgan fingerprint density at radius 3 is 1.83 bits per heavy atom. The molecule has 1 heterocycles. The Bertz CT molecular complexity index is 1200. The third kappa shape index (κ3) is 3.37. The lowest BCUT2D eigenvalue weighted by molar-refractivity contribution is 0.161. The average Bonchev–Trinajstić information content (AvgIpc) is 2.74. The van der Waals surface area contributed by atoms with Crippen molar-refractivity contribution in [2.45, 2.75) is 5.60 Å². The van der Waals surface area contributed by atoms with E-state index in [1.807, 2.05) is 0 Å². The predicted molar refractivity (Wildman–Crippen MR) is 130 cm³/mol. The molecule has 1 nitrogen and oxygen atoms in total. The molecular weight excluding hydrogens is 556 g/mol. The second-order valence-corrected chi connectivity index (χ2v) is 9.77. The van der Waals surface area contributed by atoms with Gasteiger partial charge in [0.15, 0.2) is 5.60 Å². The molecule has 0 bridgehead atoms. The van der Waals surface area contributed by atoms with Gasteiger partial charge in [-0.2, -0.15) is 0 Å². The normalized spacial score (nSPS) is 14.4. The zero-order valence-corrected chi connectivity index (χ0v) is 20.0. The van der Waals surface area contributed by atoms with Gasteiger partial charge in [0.1, 0.15) is 5.75 Å². The van der Waals surface area contributed by atoms with Crippen LogP contribution < -0.4 is 4.74 Å². The average molecular weight is 571 g/mol. The summed E-state index contributed by atoms with van der Waals surface area (Å²) >= 11 is 10.6. The van der Waals surface area contributed by atoms with Gasteiger partial charge in [0.25, 0.3) is 0 Å². The highest BCUT2D eigenvalue weighted by atomic mass is 79.9. The van der Waals surface area contributed by atoms with Crippen LogP contribution in [0.4, 0.5) is 0 Å². The lowest BCUT2D eigenvalue weighted by Crippen LogP contribution is -2.34. The Labute approximate surface area is 194 Å². The van der Waals surface area contributed by atoms with E-state index in [0.717, 1.165) is 35.9 Å². The van der Waals surface area contributed by atoms with Crippen molar-refractivity contribution >= 4 is 64.6 Å². The molecule has 142 valence electrons. The first kappa shape index (κ1) is 19.1. The topological polar surface area (TPSA) is 9.23 Å². The van der Waals surface area contributed by atoms with Crippen LogP contribution in [-0.4, -0.2) is 0 Å². The highest BCUT2D eigenvalue weighted by Gasteiger charge is 2.37. The Hall–Kier alpha value is -1.88. The zero-order chi connectivity index (χ0) is 20.0. The van der Waals surface area contributed by atoms with Crippen molar-refractivity contribution in [2.75, 3.05) is 0 Å². The van der Waals surface area contributed by atoms with Crippen molar-refractivity contribution in [2.24, 2.45) is 0 Å². The van der Waals surface area contributed by atoms with E-state index in [4.69, 9.17) is 4.74 Å².